The second-order valence-electron chi connectivity index (χ2n) is 6.45. The fourth-order valence-electron chi connectivity index (χ4n) is 3.03. The highest BCUT2D eigenvalue weighted by molar-refractivity contribution is 7.85. The molecule has 0 fully saturated rings. The van der Waals surface area contributed by atoms with Gasteiger partial charge in [0.1, 0.15) is 28.1 Å². The van der Waals surface area contributed by atoms with E-state index < -0.39 is 10.8 Å². The third kappa shape index (κ3) is 3.97. The molecule has 7 heteroatoms. The zero-order valence-corrected chi connectivity index (χ0v) is 17.2. The van der Waals surface area contributed by atoms with Crippen molar-refractivity contribution >= 4 is 10.8 Å². The predicted octanol–water partition coefficient (Wildman–Crippen LogP) is 5.07. The number of halogens is 1. The van der Waals surface area contributed by atoms with Crippen LogP contribution in [-0.4, -0.2) is 28.4 Å². The Bertz CT molecular complexity index is 1110. The molecule has 0 amide bonds. The summed E-state index contributed by atoms with van der Waals surface area (Å²) >= 11 is 0. The summed E-state index contributed by atoms with van der Waals surface area (Å²) in [7, 11) is 1.63. The first kappa shape index (κ1) is 19.8. The van der Waals surface area contributed by atoms with Gasteiger partial charge in [0.05, 0.1) is 25.6 Å². The lowest BCUT2D eigenvalue weighted by Crippen LogP contribution is -1.95. The highest BCUT2D eigenvalue weighted by Gasteiger charge is 2.19. The summed E-state index contributed by atoms with van der Waals surface area (Å²) in [5, 5.41) is 0.290. The van der Waals surface area contributed by atoms with Gasteiger partial charge in [0.2, 0.25) is 5.16 Å². The quantitative estimate of drug-likeness (QED) is 0.471. The number of hydrogen-bond acceptors (Lipinski definition) is 4. The molecule has 0 bridgehead atoms. The highest BCUT2D eigenvalue weighted by atomic mass is 32.2. The number of benzene rings is 3. The van der Waals surface area contributed by atoms with Crippen LogP contribution in [0, 0.1) is 5.82 Å². The number of methoxy groups -OCH3 is 2. The number of nitrogens with zero attached hydrogens (tertiary/aromatic N) is 1. The van der Waals surface area contributed by atoms with Gasteiger partial charge in [-0.3, -0.25) is 0 Å². The van der Waals surface area contributed by atoms with Crippen LogP contribution in [0.3, 0.4) is 0 Å². The third-order valence-electron chi connectivity index (χ3n) is 4.63. The molecule has 0 aliphatic heterocycles. The van der Waals surface area contributed by atoms with Crippen molar-refractivity contribution in [1.29, 1.82) is 0 Å². The van der Waals surface area contributed by atoms with Crippen molar-refractivity contribution in [1.82, 2.24) is 9.97 Å². The van der Waals surface area contributed by atoms with Crippen LogP contribution in [0.2, 0.25) is 0 Å². The SMILES string of the molecule is COc1ccc(-c2nc(S(=O)c3ccc(F)cc3)[nH]c2-c2ccc(OC)cc2)cc1. The van der Waals surface area contributed by atoms with Gasteiger partial charge in [-0.1, -0.05) is 0 Å². The fraction of sp³-hybridized carbons (Fsp3) is 0.0870. The molecule has 0 aliphatic rings. The van der Waals surface area contributed by atoms with Crippen LogP contribution >= 0.6 is 0 Å². The second-order valence-corrected chi connectivity index (χ2v) is 7.84. The van der Waals surface area contributed by atoms with Crippen molar-refractivity contribution in [2.24, 2.45) is 0 Å². The largest absolute Gasteiger partial charge is 0.497 e. The van der Waals surface area contributed by atoms with Gasteiger partial charge in [0.15, 0.2) is 0 Å². The predicted molar refractivity (Wildman–Crippen MR) is 114 cm³/mol. The lowest BCUT2D eigenvalue weighted by Gasteiger charge is -2.06. The van der Waals surface area contributed by atoms with E-state index in [4.69, 9.17) is 9.47 Å². The zero-order valence-electron chi connectivity index (χ0n) is 16.4. The topological polar surface area (TPSA) is 64.2 Å². The van der Waals surface area contributed by atoms with Crippen LogP contribution < -0.4 is 9.47 Å². The summed E-state index contributed by atoms with van der Waals surface area (Å²) in [6.45, 7) is 0. The van der Waals surface area contributed by atoms with E-state index in [1.54, 1.807) is 14.2 Å². The van der Waals surface area contributed by atoms with E-state index in [1.807, 2.05) is 48.5 Å². The average Bonchev–Trinajstić information content (AvgIpc) is 3.24. The second kappa shape index (κ2) is 8.51. The van der Waals surface area contributed by atoms with E-state index in [0.29, 0.717) is 15.7 Å². The third-order valence-corrected chi connectivity index (χ3v) is 5.87. The van der Waals surface area contributed by atoms with Crippen molar-refractivity contribution in [3.05, 3.63) is 78.6 Å². The van der Waals surface area contributed by atoms with Gasteiger partial charge in [0.25, 0.3) is 0 Å². The maximum Gasteiger partial charge on any atom is 0.202 e. The summed E-state index contributed by atoms with van der Waals surface area (Å²) in [6.07, 6.45) is 0. The maximum absolute atomic E-state index is 13.2. The molecule has 3 aromatic carbocycles. The monoisotopic (exact) mass is 422 g/mol. The number of aromatic amines is 1. The molecular weight excluding hydrogens is 403 g/mol. The number of H-pyrrole nitrogens is 1. The highest BCUT2D eigenvalue weighted by Crippen LogP contribution is 2.33. The Hall–Kier alpha value is -3.45. The number of ether oxygens (including phenoxy) is 2. The molecule has 0 radical (unpaired) electrons. The number of imidazole rings is 1. The Labute approximate surface area is 176 Å². The summed E-state index contributed by atoms with van der Waals surface area (Å²) in [5.74, 6) is 1.09. The van der Waals surface area contributed by atoms with E-state index in [2.05, 4.69) is 9.97 Å². The van der Waals surface area contributed by atoms with E-state index in [0.717, 1.165) is 28.3 Å². The molecular formula is C23H19FN2O3S. The van der Waals surface area contributed by atoms with Crippen molar-refractivity contribution in [2.75, 3.05) is 14.2 Å². The van der Waals surface area contributed by atoms with Crippen LogP contribution in [0.25, 0.3) is 22.5 Å². The summed E-state index contributed by atoms with van der Waals surface area (Å²) in [4.78, 5) is 8.30. The smallest absolute Gasteiger partial charge is 0.202 e. The van der Waals surface area contributed by atoms with Crippen LogP contribution in [0.15, 0.2) is 82.8 Å². The average molecular weight is 422 g/mol. The van der Waals surface area contributed by atoms with Crippen LogP contribution in [-0.2, 0) is 10.8 Å². The normalized spacial score (nSPS) is 11.8. The first-order chi connectivity index (χ1) is 14.6. The molecule has 152 valence electrons. The van der Waals surface area contributed by atoms with Gasteiger partial charge in [-0.2, -0.15) is 0 Å². The first-order valence-corrected chi connectivity index (χ1v) is 10.3. The summed E-state index contributed by atoms with van der Waals surface area (Å²) in [6, 6.07) is 20.6. The molecule has 1 aromatic heterocycles. The molecule has 0 spiro atoms. The van der Waals surface area contributed by atoms with Gasteiger partial charge in [-0.05, 0) is 72.8 Å². The van der Waals surface area contributed by atoms with Gasteiger partial charge in [0, 0.05) is 16.0 Å². The number of nitrogens with one attached hydrogen (secondary N) is 1. The minimum absolute atomic E-state index is 0.290. The van der Waals surface area contributed by atoms with Crippen LogP contribution in [0.4, 0.5) is 4.39 Å². The maximum atomic E-state index is 13.2. The molecule has 1 heterocycles. The van der Waals surface area contributed by atoms with E-state index >= 15 is 0 Å². The molecule has 5 nitrogen and oxygen atoms in total. The van der Waals surface area contributed by atoms with Crippen molar-refractivity contribution < 1.29 is 18.1 Å². The Morgan fingerprint density at radius 2 is 1.33 bits per heavy atom. The van der Waals surface area contributed by atoms with E-state index in [1.165, 1.54) is 24.3 Å². The summed E-state index contributed by atoms with van der Waals surface area (Å²) in [5.41, 5.74) is 3.11. The minimum atomic E-state index is -1.59. The van der Waals surface area contributed by atoms with Gasteiger partial charge < -0.3 is 14.5 Å². The standard InChI is InChI=1S/C23H19FN2O3S/c1-28-18-9-3-15(4-10-18)21-22(16-5-11-19(29-2)12-6-16)26-23(25-21)30(27)20-13-7-17(24)8-14-20/h3-14H,1-2H3,(H,25,26). The fourth-order valence-corrected chi connectivity index (χ4v) is 4.01. The van der Waals surface area contributed by atoms with Crippen molar-refractivity contribution in [2.45, 2.75) is 10.1 Å². The molecule has 0 saturated heterocycles. The molecule has 30 heavy (non-hydrogen) atoms. The van der Waals surface area contributed by atoms with E-state index in [9.17, 15) is 8.60 Å². The Kier molecular flexibility index (Phi) is 5.63. The first-order valence-electron chi connectivity index (χ1n) is 9.15. The Balaban J connectivity index is 1.81. The Morgan fingerprint density at radius 3 is 1.87 bits per heavy atom. The molecule has 0 aliphatic carbocycles. The lowest BCUT2D eigenvalue weighted by atomic mass is 10.0. The van der Waals surface area contributed by atoms with E-state index in [-0.39, 0.29) is 5.82 Å². The van der Waals surface area contributed by atoms with Gasteiger partial charge in [-0.15, -0.1) is 0 Å². The zero-order chi connectivity index (χ0) is 21.1. The van der Waals surface area contributed by atoms with Crippen molar-refractivity contribution in [3.63, 3.8) is 0 Å². The van der Waals surface area contributed by atoms with Crippen molar-refractivity contribution in [3.8, 4) is 34.0 Å². The molecule has 1 N–H and O–H groups in total. The molecule has 4 rings (SSSR count). The lowest BCUT2D eigenvalue weighted by molar-refractivity contribution is 0.414. The molecule has 1 atom stereocenters. The number of hydrogen-bond donors (Lipinski definition) is 1. The minimum Gasteiger partial charge on any atom is -0.497 e. The number of aromatic nitrogens is 2. The molecule has 4 aromatic rings. The van der Waals surface area contributed by atoms with Gasteiger partial charge in [-0.25, -0.2) is 13.6 Å². The molecule has 0 saturated carbocycles. The van der Waals surface area contributed by atoms with Gasteiger partial charge >= 0.3 is 0 Å². The number of rotatable bonds is 6. The molecule has 1 unspecified atom stereocenters. The van der Waals surface area contributed by atoms with Crippen LogP contribution in [0.5, 0.6) is 11.5 Å². The summed E-state index contributed by atoms with van der Waals surface area (Å²) < 4.78 is 36.8. The van der Waals surface area contributed by atoms with Crippen LogP contribution in [0.1, 0.15) is 0 Å². The Morgan fingerprint density at radius 1 is 0.800 bits per heavy atom.